The third kappa shape index (κ3) is 3.59. The Morgan fingerprint density at radius 2 is 2.28 bits per heavy atom. The first-order chi connectivity index (χ1) is 8.41. The van der Waals surface area contributed by atoms with Crippen molar-refractivity contribution in [1.29, 1.82) is 5.26 Å². The van der Waals surface area contributed by atoms with E-state index >= 15 is 0 Å². The standard InChI is InChI=1S/C13H19ClN4/c1-9(2)6-13(3,8-16)18-12-11(14)10(7-15)4-5-17-12/h4-5,9H,6,8,16H2,1-3H3,(H,17,18). The number of hydrogen-bond acceptors (Lipinski definition) is 4. The van der Waals surface area contributed by atoms with Crippen LogP contribution in [0.4, 0.5) is 5.82 Å². The van der Waals surface area contributed by atoms with E-state index in [0.29, 0.717) is 28.9 Å². The zero-order valence-electron chi connectivity index (χ0n) is 11.0. The summed E-state index contributed by atoms with van der Waals surface area (Å²) in [6.07, 6.45) is 2.47. The number of anilines is 1. The van der Waals surface area contributed by atoms with Crippen LogP contribution in [0.25, 0.3) is 0 Å². The Balaban J connectivity index is 2.99. The predicted molar refractivity (Wildman–Crippen MR) is 74.5 cm³/mol. The highest BCUT2D eigenvalue weighted by Gasteiger charge is 2.25. The maximum absolute atomic E-state index is 8.93. The monoisotopic (exact) mass is 266 g/mol. The Kier molecular flexibility index (Phi) is 4.94. The van der Waals surface area contributed by atoms with Gasteiger partial charge in [0.05, 0.1) is 5.56 Å². The molecule has 1 atom stereocenters. The van der Waals surface area contributed by atoms with E-state index in [-0.39, 0.29) is 5.54 Å². The van der Waals surface area contributed by atoms with Crippen LogP contribution in [0.5, 0.6) is 0 Å². The van der Waals surface area contributed by atoms with Gasteiger partial charge in [0.1, 0.15) is 16.9 Å². The van der Waals surface area contributed by atoms with Gasteiger partial charge in [0, 0.05) is 18.3 Å². The van der Waals surface area contributed by atoms with E-state index in [2.05, 4.69) is 24.1 Å². The van der Waals surface area contributed by atoms with E-state index in [4.69, 9.17) is 22.6 Å². The van der Waals surface area contributed by atoms with E-state index in [1.807, 2.05) is 13.0 Å². The van der Waals surface area contributed by atoms with Gasteiger partial charge >= 0.3 is 0 Å². The summed E-state index contributed by atoms with van der Waals surface area (Å²) in [5.41, 5.74) is 5.96. The SMILES string of the molecule is CC(C)CC(C)(CN)Nc1nccc(C#N)c1Cl. The summed E-state index contributed by atoms with van der Waals surface area (Å²) in [5, 5.41) is 12.5. The Bertz CT molecular complexity index is 453. The van der Waals surface area contributed by atoms with Gasteiger partial charge in [-0.15, -0.1) is 0 Å². The summed E-state index contributed by atoms with van der Waals surface area (Å²) in [6, 6.07) is 3.63. The van der Waals surface area contributed by atoms with Crippen molar-refractivity contribution >= 4 is 17.4 Å². The van der Waals surface area contributed by atoms with Gasteiger partial charge in [-0.3, -0.25) is 0 Å². The van der Waals surface area contributed by atoms with Crippen LogP contribution in [-0.4, -0.2) is 17.1 Å². The molecule has 1 rings (SSSR count). The number of halogens is 1. The number of nitriles is 1. The molecule has 0 radical (unpaired) electrons. The minimum absolute atomic E-state index is 0.279. The molecule has 0 amide bonds. The van der Waals surface area contributed by atoms with Crippen LogP contribution in [0.1, 0.15) is 32.8 Å². The summed E-state index contributed by atoms with van der Waals surface area (Å²) in [4.78, 5) is 4.18. The van der Waals surface area contributed by atoms with Gasteiger partial charge in [0.25, 0.3) is 0 Å². The summed E-state index contributed by atoms with van der Waals surface area (Å²) in [6.45, 7) is 6.77. The van der Waals surface area contributed by atoms with Crippen LogP contribution in [-0.2, 0) is 0 Å². The Morgan fingerprint density at radius 1 is 1.61 bits per heavy atom. The minimum atomic E-state index is -0.279. The zero-order valence-corrected chi connectivity index (χ0v) is 11.8. The van der Waals surface area contributed by atoms with E-state index in [1.54, 1.807) is 12.3 Å². The Hall–Kier alpha value is -1.31. The van der Waals surface area contributed by atoms with E-state index in [9.17, 15) is 0 Å². The molecule has 1 unspecified atom stereocenters. The molecule has 1 heterocycles. The van der Waals surface area contributed by atoms with E-state index < -0.39 is 0 Å². The molecule has 0 bridgehead atoms. The molecule has 1 aromatic heterocycles. The van der Waals surface area contributed by atoms with Crippen molar-refractivity contribution in [3.05, 3.63) is 22.8 Å². The number of nitrogens with zero attached hydrogens (tertiary/aromatic N) is 2. The molecule has 0 fully saturated rings. The fourth-order valence-electron chi connectivity index (χ4n) is 1.99. The highest BCUT2D eigenvalue weighted by molar-refractivity contribution is 6.34. The molecule has 0 aliphatic carbocycles. The minimum Gasteiger partial charge on any atom is -0.362 e. The van der Waals surface area contributed by atoms with Crippen LogP contribution in [0.3, 0.4) is 0 Å². The Morgan fingerprint density at radius 3 is 2.78 bits per heavy atom. The molecular weight excluding hydrogens is 248 g/mol. The quantitative estimate of drug-likeness (QED) is 0.859. The van der Waals surface area contributed by atoms with Crippen LogP contribution in [0.15, 0.2) is 12.3 Å². The molecule has 98 valence electrons. The van der Waals surface area contributed by atoms with E-state index in [0.717, 1.165) is 6.42 Å². The van der Waals surface area contributed by atoms with Gasteiger partial charge in [-0.1, -0.05) is 25.4 Å². The topological polar surface area (TPSA) is 74.7 Å². The smallest absolute Gasteiger partial charge is 0.146 e. The molecular formula is C13H19ClN4. The first kappa shape index (κ1) is 14.7. The number of hydrogen-bond donors (Lipinski definition) is 2. The zero-order chi connectivity index (χ0) is 13.8. The fourth-order valence-corrected chi connectivity index (χ4v) is 2.19. The molecule has 0 aliphatic heterocycles. The fraction of sp³-hybridized carbons (Fsp3) is 0.538. The highest BCUT2D eigenvalue weighted by Crippen LogP contribution is 2.27. The van der Waals surface area contributed by atoms with Crippen LogP contribution in [0.2, 0.25) is 5.02 Å². The van der Waals surface area contributed by atoms with Crippen molar-refractivity contribution in [1.82, 2.24) is 4.98 Å². The highest BCUT2D eigenvalue weighted by atomic mass is 35.5. The summed E-state index contributed by atoms with van der Waals surface area (Å²) < 4.78 is 0. The molecule has 4 nitrogen and oxygen atoms in total. The molecule has 1 aromatic rings. The van der Waals surface area contributed by atoms with Gasteiger partial charge in [-0.2, -0.15) is 5.26 Å². The third-order valence-corrected chi connectivity index (χ3v) is 3.12. The molecule has 3 N–H and O–H groups in total. The lowest BCUT2D eigenvalue weighted by atomic mass is 9.91. The number of nitrogens with two attached hydrogens (primary N) is 1. The molecule has 0 saturated heterocycles. The second-order valence-electron chi connectivity index (χ2n) is 5.12. The number of nitrogens with one attached hydrogen (secondary N) is 1. The van der Waals surface area contributed by atoms with Crippen molar-refractivity contribution in [3.63, 3.8) is 0 Å². The average molecular weight is 267 g/mol. The van der Waals surface area contributed by atoms with Gasteiger partial charge in [-0.05, 0) is 25.3 Å². The van der Waals surface area contributed by atoms with Crippen molar-refractivity contribution in [2.75, 3.05) is 11.9 Å². The lowest BCUT2D eigenvalue weighted by Crippen LogP contribution is -2.44. The normalized spacial score (nSPS) is 14.1. The van der Waals surface area contributed by atoms with Gasteiger partial charge in [0.15, 0.2) is 0 Å². The maximum Gasteiger partial charge on any atom is 0.146 e. The summed E-state index contributed by atoms with van der Waals surface area (Å²) >= 11 is 6.12. The van der Waals surface area contributed by atoms with Crippen molar-refractivity contribution < 1.29 is 0 Å². The lowest BCUT2D eigenvalue weighted by Gasteiger charge is -2.32. The van der Waals surface area contributed by atoms with Crippen molar-refractivity contribution in [2.24, 2.45) is 11.7 Å². The molecule has 5 heteroatoms. The second kappa shape index (κ2) is 6.03. The van der Waals surface area contributed by atoms with Gasteiger partial charge in [-0.25, -0.2) is 4.98 Å². The lowest BCUT2D eigenvalue weighted by molar-refractivity contribution is 0.406. The number of pyridine rings is 1. The van der Waals surface area contributed by atoms with E-state index in [1.165, 1.54) is 0 Å². The number of rotatable bonds is 5. The summed E-state index contributed by atoms with van der Waals surface area (Å²) in [7, 11) is 0. The first-order valence-electron chi connectivity index (χ1n) is 5.94. The molecule has 0 spiro atoms. The van der Waals surface area contributed by atoms with Crippen molar-refractivity contribution in [2.45, 2.75) is 32.7 Å². The van der Waals surface area contributed by atoms with Gasteiger partial charge < -0.3 is 11.1 Å². The molecule has 0 saturated carbocycles. The Labute approximate surface area is 113 Å². The first-order valence-corrected chi connectivity index (χ1v) is 6.32. The molecule has 18 heavy (non-hydrogen) atoms. The molecule has 0 aromatic carbocycles. The molecule has 0 aliphatic rings. The predicted octanol–water partition coefficient (Wildman–Crippen LogP) is 2.78. The number of aromatic nitrogens is 1. The van der Waals surface area contributed by atoms with Crippen LogP contribution in [0, 0.1) is 17.2 Å². The van der Waals surface area contributed by atoms with Crippen LogP contribution < -0.4 is 11.1 Å². The van der Waals surface area contributed by atoms with Crippen LogP contribution >= 0.6 is 11.6 Å². The third-order valence-electron chi connectivity index (χ3n) is 2.74. The van der Waals surface area contributed by atoms with Gasteiger partial charge in [0.2, 0.25) is 0 Å². The average Bonchev–Trinajstić information content (AvgIpc) is 2.31. The largest absolute Gasteiger partial charge is 0.362 e. The summed E-state index contributed by atoms with van der Waals surface area (Å²) in [5.74, 6) is 1.02. The second-order valence-corrected chi connectivity index (χ2v) is 5.50. The maximum atomic E-state index is 8.93. The van der Waals surface area contributed by atoms with Crippen molar-refractivity contribution in [3.8, 4) is 6.07 Å².